The molecule has 3 heterocycles. The van der Waals surface area contributed by atoms with E-state index in [-0.39, 0.29) is 25.3 Å². The van der Waals surface area contributed by atoms with Crippen LogP contribution in [-0.4, -0.2) is 53.8 Å². The van der Waals surface area contributed by atoms with Crippen LogP contribution in [0.15, 0.2) is 12.3 Å². The Balaban J connectivity index is 0.000000623. The van der Waals surface area contributed by atoms with Crippen LogP contribution in [0, 0.1) is 11.8 Å². The number of amides is 1. The van der Waals surface area contributed by atoms with Gasteiger partial charge < -0.3 is 15.0 Å². The van der Waals surface area contributed by atoms with Crippen molar-refractivity contribution in [1.82, 2.24) is 15.2 Å². The van der Waals surface area contributed by atoms with E-state index in [1.54, 1.807) is 4.90 Å². The molecule has 1 aromatic rings. The van der Waals surface area contributed by atoms with Gasteiger partial charge in [-0.2, -0.15) is 26.3 Å². The zero-order valence-electron chi connectivity index (χ0n) is 20.0. The van der Waals surface area contributed by atoms with Crippen molar-refractivity contribution in [3.8, 4) is 0 Å². The number of carbonyl (C=O) groups excluding carboxylic acids is 1. The number of ether oxygens (including phenoxy) is 1. The van der Waals surface area contributed by atoms with Crippen molar-refractivity contribution in [2.75, 3.05) is 19.8 Å². The molecule has 4 rings (SSSR count). The number of pyridine rings is 1. The molecule has 1 aromatic heterocycles. The Labute approximate surface area is 201 Å². The highest BCUT2D eigenvalue weighted by molar-refractivity contribution is 5.79. The number of alkyl halides is 6. The SMILES string of the molecule is CC(F)(F)F.CC1COCCC1NC1CCC(C(=O)N2CCc3ncc(C(F)(F)F)cc3C2)CC1. The maximum absolute atomic E-state index is 13.0. The highest BCUT2D eigenvalue weighted by atomic mass is 19.4. The van der Waals surface area contributed by atoms with Gasteiger partial charge in [0.25, 0.3) is 0 Å². The summed E-state index contributed by atoms with van der Waals surface area (Å²) in [6, 6.07) is 2.06. The first kappa shape index (κ1) is 27.7. The second kappa shape index (κ2) is 11.5. The molecule has 2 fully saturated rings. The highest BCUT2D eigenvalue weighted by Gasteiger charge is 2.35. The largest absolute Gasteiger partial charge is 0.417 e. The third kappa shape index (κ3) is 8.34. The highest BCUT2D eigenvalue weighted by Crippen LogP contribution is 2.33. The van der Waals surface area contributed by atoms with Crippen LogP contribution in [0.5, 0.6) is 0 Å². The summed E-state index contributed by atoms with van der Waals surface area (Å²) in [5, 5.41) is 3.76. The Hall–Kier alpha value is -1.88. The summed E-state index contributed by atoms with van der Waals surface area (Å²) in [5.41, 5.74) is 0.447. The van der Waals surface area contributed by atoms with Crippen LogP contribution in [0.2, 0.25) is 0 Å². The molecular weight excluding hydrogens is 476 g/mol. The van der Waals surface area contributed by atoms with Gasteiger partial charge in [-0.15, -0.1) is 0 Å². The molecule has 0 radical (unpaired) electrons. The standard InChI is InChI=1S/C22H30F3N3O2.C2H3F3/c1-14-13-30-9-7-19(14)27-18-4-2-15(3-5-18)21(29)28-8-6-20-16(12-28)10-17(11-26-20)22(23,24)25;1-2(3,4)5/h10-11,14-15,18-19,27H,2-9,12-13H2,1H3;1H3. The van der Waals surface area contributed by atoms with Crippen molar-refractivity contribution in [1.29, 1.82) is 0 Å². The van der Waals surface area contributed by atoms with Crippen molar-refractivity contribution in [3.63, 3.8) is 0 Å². The van der Waals surface area contributed by atoms with E-state index in [1.165, 1.54) is 0 Å². The average Bonchev–Trinajstić information content (AvgIpc) is 2.78. The van der Waals surface area contributed by atoms with E-state index in [9.17, 15) is 31.1 Å². The summed E-state index contributed by atoms with van der Waals surface area (Å²) < 4.78 is 75.6. The van der Waals surface area contributed by atoms with Crippen molar-refractivity contribution < 1.29 is 35.9 Å². The molecule has 1 saturated carbocycles. The molecule has 0 aromatic carbocycles. The monoisotopic (exact) mass is 509 g/mol. The molecule has 1 amide bonds. The number of halogens is 6. The molecule has 1 saturated heterocycles. The Bertz CT molecular complexity index is 847. The third-order valence-electron chi connectivity index (χ3n) is 6.85. The molecule has 11 heteroatoms. The van der Waals surface area contributed by atoms with Crippen LogP contribution in [0.3, 0.4) is 0 Å². The fraction of sp³-hybridized carbons (Fsp3) is 0.750. The van der Waals surface area contributed by atoms with Crippen LogP contribution >= 0.6 is 0 Å². The summed E-state index contributed by atoms with van der Waals surface area (Å²) in [7, 11) is 0. The van der Waals surface area contributed by atoms with Crippen molar-refractivity contribution in [3.05, 3.63) is 29.1 Å². The van der Waals surface area contributed by atoms with Gasteiger partial charge in [0.15, 0.2) is 0 Å². The van der Waals surface area contributed by atoms with Crippen molar-refractivity contribution in [2.45, 2.75) is 83.4 Å². The maximum atomic E-state index is 13.0. The Morgan fingerprint density at radius 3 is 2.37 bits per heavy atom. The molecular formula is C24H33F6N3O2. The molecule has 0 bridgehead atoms. The lowest BCUT2D eigenvalue weighted by molar-refractivity contribution is -0.138. The van der Waals surface area contributed by atoms with E-state index in [0.29, 0.717) is 42.2 Å². The van der Waals surface area contributed by atoms with E-state index in [2.05, 4.69) is 17.2 Å². The van der Waals surface area contributed by atoms with Gasteiger partial charge in [0.05, 0.1) is 12.2 Å². The zero-order valence-corrected chi connectivity index (χ0v) is 20.0. The van der Waals surface area contributed by atoms with E-state index in [1.807, 2.05) is 0 Å². The molecule has 198 valence electrons. The van der Waals surface area contributed by atoms with Crippen LogP contribution < -0.4 is 5.32 Å². The second-order valence-electron chi connectivity index (χ2n) is 9.78. The number of rotatable bonds is 3. The lowest BCUT2D eigenvalue weighted by Crippen LogP contribution is -2.48. The minimum Gasteiger partial charge on any atom is -0.381 e. The van der Waals surface area contributed by atoms with Gasteiger partial charge in [-0.05, 0) is 49.7 Å². The quantitative estimate of drug-likeness (QED) is 0.575. The van der Waals surface area contributed by atoms with Crippen LogP contribution in [0.1, 0.15) is 62.8 Å². The zero-order chi connectivity index (χ0) is 25.8. The second-order valence-corrected chi connectivity index (χ2v) is 9.78. The molecule has 35 heavy (non-hydrogen) atoms. The van der Waals surface area contributed by atoms with Gasteiger partial charge in [0.1, 0.15) is 0 Å². The van der Waals surface area contributed by atoms with Gasteiger partial charge in [-0.1, -0.05) is 6.92 Å². The van der Waals surface area contributed by atoms with Gasteiger partial charge in [-0.25, -0.2) is 0 Å². The minimum atomic E-state index is -4.42. The number of hydrogen-bond donors (Lipinski definition) is 1. The Kier molecular flexibility index (Phi) is 9.06. The van der Waals surface area contributed by atoms with Crippen LogP contribution in [-0.2, 0) is 28.7 Å². The number of fused-ring (bicyclic) bond motifs is 1. The summed E-state index contributed by atoms with van der Waals surface area (Å²) in [6.45, 7) is 4.75. The smallest absolute Gasteiger partial charge is 0.381 e. The first-order chi connectivity index (χ1) is 16.3. The lowest BCUT2D eigenvalue weighted by Gasteiger charge is -2.38. The maximum Gasteiger partial charge on any atom is 0.417 e. The molecule has 1 aliphatic carbocycles. The van der Waals surface area contributed by atoms with E-state index < -0.39 is 17.9 Å². The van der Waals surface area contributed by atoms with Gasteiger partial charge in [-0.3, -0.25) is 9.78 Å². The first-order valence-corrected chi connectivity index (χ1v) is 12.1. The van der Waals surface area contributed by atoms with Crippen molar-refractivity contribution in [2.24, 2.45) is 11.8 Å². The topological polar surface area (TPSA) is 54.5 Å². The number of carbonyl (C=O) groups is 1. The Morgan fingerprint density at radius 1 is 1.11 bits per heavy atom. The number of hydrogen-bond acceptors (Lipinski definition) is 4. The predicted molar refractivity (Wildman–Crippen MR) is 117 cm³/mol. The fourth-order valence-electron chi connectivity index (χ4n) is 4.97. The Morgan fingerprint density at radius 2 is 1.77 bits per heavy atom. The van der Waals surface area contributed by atoms with Gasteiger partial charge in [0, 0.05) is 62.9 Å². The van der Waals surface area contributed by atoms with Crippen LogP contribution in [0.4, 0.5) is 26.3 Å². The van der Waals surface area contributed by atoms with E-state index in [0.717, 1.165) is 57.6 Å². The van der Waals surface area contributed by atoms with E-state index in [4.69, 9.17) is 4.74 Å². The average molecular weight is 510 g/mol. The normalized spacial score (nSPS) is 27.5. The molecule has 0 spiro atoms. The molecule has 2 aliphatic heterocycles. The number of aromatic nitrogens is 1. The van der Waals surface area contributed by atoms with Crippen molar-refractivity contribution >= 4 is 5.91 Å². The van der Waals surface area contributed by atoms with Crippen LogP contribution in [0.25, 0.3) is 0 Å². The molecule has 3 aliphatic rings. The minimum absolute atomic E-state index is 0.0320. The summed E-state index contributed by atoms with van der Waals surface area (Å²) in [6.07, 6.45) is -2.39. The molecule has 5 nitrogen and oxygen atoms in total. The third-order valence-corrected chi connectivity index (χ3v) is 6.85. The molecule has 1 N–H and O–H groups in total. The fourth-order valence-corrected chi connectivity index (χ4v) is 4.97. The van der Waals surface area contributed by atoms with E-state index >= 15 is 0 Å². The lowest BCUT2D eigenvalue weighted by atomic mass is 9.83. The first-order valence-electron chi connectivity index (χ1n) is 12.1. The predicted octanol–water partition coefficient (Wildman–Crippen LogP) is 5.13. The summed E-state index contributed by atoms with van der Waals surface area (Å²) in [5.74, 6) is 0.549. The summed E-state index contributed by atoms with van der Waals surface area (Å²) >= 11 is 0. The summed E-state index contributed by atoms with van der Waals surface area (Å²) in [4.78, 5) is 18.8. The van der Waals surface area contributed by atoms with Gasteiger partial charge in [0.2, 0.25) is 5.91 Å². The number of nitrogens with one attached hydrogen (secondary N) is 1. The van der Waals surface area contributed by atoms with Gasteiger partial charge >= 0.3 is 12.4 Å². The number of nitrogens with zero attached hydrogens (tertiary/aromatic N) is 2. The molecule has 2 unspecified atom stereocenters. The molecule has 2 atom stereocenters.